The predicted molar refractivity (Wildman–Crippen MR) is 244 cm³/mol. The Hall–Kier alpha value is -5.27. The predicted octanol–water partition coefficient (Wildman–Crippen LogP) is 9.82. The van der Waals surface area contributed by atoms with Gasteiger partial charge in [0, 0.05) is 43.4 Å². The summed E-state index contributed by atoms with van der Waals surface area (Å²) in [4.78, 5) is 27.0. The summed E-state index contributed by atoms with van der Waals surface area (Å²) < 4.78 is 41.0. The second-order valence-electron chi connectivity index (χ2n) is 16.6. The quantitative estimate of drug-likeness (QED) is 0.0343. The number of halogens is 2. The molecule has 2 N–H and O–H groups in total. The summed E-state index contributed by atoms with van der Waals surface area (Å²) in [5.41, 5.74) is 5.74. The number of aliphatic hydroxyl groups excluding tert-OH is 2. The molecule has 0 saturated heterocycles. The standard InChI is InChI=1S/C51H59ClFN3O8/c1-3-27-62-51-47(56(50(59)60-28-24-52)32-36-18-20-39(53)21-19-36)31-45(55-63-33-37-13-5-4-6-14-37)43-29-38(15-7-9-25-57)42(17-8-10-26-58)48(49(43)51)44-30-41(22-23-46(44)64-51)61-34-40-16-11-12-35(2)54-40/h3-6,11-14,16,18-23,29-30,38,42,47-49,57-58H,1,7-10,15,17,24-28,31-34H2,2H3/t38-,42+,47-,48+,49+,51+/m0/s1. The maximum Gasteiger partial charge on any atom is 0.410 e. The van der Waals surface area contributed by atoms with Gasteiger partial charge in [0.1, 0.15) is 43.2 Å². The minimum atomic E-state index is -1.53. The van der Waals surface area contributed by atoms with E-state index >= 15 is 0 Å². The second kappa shape index (κ2) is 22.6. The third-order valence-electron chi connectivity index (χ3n) is 12.4. The van der Waals surface area contributed by atoms with Crippen LogP contribution in [-0.2, 0) is 34.1 Å². The number of unbranched alkanes of at least 4 members (excludes halogenated alkanes) is 2. The molecule has 1 aliphatic heterocycles. The number of carbonyl (C=O) groups is 1. The molecule has 1 aromatic heterocycles. The topological polar surface area (TPSA) is 132 Å². The van der Waals surface area contributed by atoms with Gasteiger partial charge in [-0.15, -0.1) is 18.2 Å². The Morgan fingerprint density at radius 1 is 0.984 bits per heavy atom. The molecule has 13 heteroatoms. The molecule has 1 saturated carbocycles. The zero-order valence-corrected chi connectivity index (χ0v) is 37.2. The van der Waals surface area contributed by atoms with Crippen LogP contribution in [0.4, 0.5) is 9.18 Å². The minimum Gasteiger partial charge on any atom is -0.487 e. The van der Waals surface area contributed by atoms with Crippen molar-refractivity contribution in [3.05, 3.63) is 149 Å². The maximum atomic E-state index is 14.5. The van der Waals surface area contributed by atoms with Gasteiger partial charge in [0.2, 0.25) is 5.79 Å². The van der Waals surface area contributed by atoms with Crippen molar-refractivity contribution in [3.63, 3.8) is 0 Å². The highest BCUT2D eigenvalue weighted by Crippen LogP contribution is 2.62. The molecular weight excluding hydrogens is 837 g/mol. The molecule has 2 heterocycles. The number of amides is 1. The van der Waals surface area contributed by atoms with Gasteiger partial charge in [-0.3, -0.25) is 9.88 Å². The summed E-state index contributed by atoms with van der Waals surface area (Å²) in [6.07, 6.45) is 7.87. The van der Waals surface area contributed by atoms with Crippen molar-refractivity contribution in [1.82, 2.24) is 9.88 Å². The van der Waals surface area contributed by atoms with Crippen LogP contribution >= 0.6 is 11.6 Å². The first kappa shape index (κ1) is 46.7. The lowest BCUT2D eigenvalue weighted by Crippen LogP contribution is -2.70. The van der Waals surface area contributed by atoms with Gasteiger partial charge >= 0.3 is 6.09 Å². The summed E-state index contributed by atoms with van der Waals surface area (Å²) >= 11 is 6.09. The first-order valence-electron chi connectivity index (χ1n) is 22.3. The summed E-state index contributed by atoms with van der Waals surface area (Å²) in [7, 11) is 0. The molecule has 0 bridgehead atoms. The van der Waals surface area contributed by atoms with Crippen molar-refractivity contribution in [3.8, 4) is 11.5 Å². The van der Waals surface area contributed by atoms with Crippen LogP contribution in [-0.4, -0.2) is 76.0 Å². The molecule has 2 aliphatic carbocycles. The Kier molecular flexibility index (Phi) is 16.5. The Labute approximate surface area is 380 Å². The molecule has 6 atom stereocenters. The van der Waals surface area contributed by atoms with Gasteiger partial charge in [-0.05, 0) is 104 Å². The number of hydrogen-bond acceptors (Lipinski definition) is 10. The van der Waals surface area contributed by atoms with Crippen LogP contribution in [0, 0.1) is 30.5 Å². The maximum absolute atomic E-state index is 14.5. The van der Waals surface area contributed by atoms with Crippen LogP contribution in [0.1, 0.15) is 78.9 Å². The summed E-state index contributed by atoms with van der Waals surface area (Å²) in [5, 5.41) is 24.9. The molecule has 4 aromatic rings. The number of fused-ring (bicyclic) bond motifs is 2. The molecule has 0 radical (unpaired) electrons. The number of rotatable bonds is 22. The number of hydrogen-bond donors (Lipinski definition) is 2. The fraction of sp³-hybridized carbons (Fsp3) is 0.431. The number of carbonyl (C=O) groups excluding carboxylic acids is 1. The third-order valence-corrected chi connectivity index (χ3v) is 12.6. The largest absolute Gasteiger partial charge is 0.487 e. The van der Waals surface area contributed by atoms with Crippen molar-refractivity contribution >= 4 is 23.4 Å². The van der Waals surface area contributed by atoms with Crippen LogP contribution in [0.25, 0.3) is 0 Å². The van der Waals surface area contributed by atoms with Gasteiger partial charge in [0.25, 0.3) is 0 Å². The average Bonchev–Trinajstić information content (AvgIpc) is 3.31. The first-order valence-corrected chi connectivity index (χ1v) is 22.9. The first-order chi connectivity index (χ1) is 31.3. The fourth-order valence-electron chi connectivity index (χ4n) is 9.63. The van der Waals surface area contributed by atoms with E-state index in [-0.39, 0.29) is 76.2 Å². The fourth-order valence-corrected chi connectivity index (χ4v) is 9.71. The molecule has 1 amide bonds. The number of ether oxygens (including phenoxy) is 4. The van der Waals surface area contributed by atoms with E-state index in [2.05, 4.69) is 23.7 Å². The van der Waals surface area contributed by atoms with Crippen LogP contribution < -0.4 is 9.47 Å². The summed E-state index contributed by atoms with van der Waals surface area (Å²) in [5.74, 6) is -1.44. The Morgan fingerprint density at radius 3 is 2.50 bits per heavy atom. The van der Waals surface area contributed by atoms with E-state index in [0.717, 1.165) is 53.8 Å². The van der Waals surface area contributed by atoms with Gasteiger partial charge < -0.3 is 34.0 Å². The van der Waals surface area contributed by atoms with E-state index in [9.17, 15) is 19.4 Å². The molecule has 0 unspecified atom stereocenters. The van der Waals surface area contributed by atoms with Crippen molar-refractivity contribution in [2.75, 3.05) is 32.3 Å². The number of benzene rings is 3. The average molecular weight is 896 g/mol. The molecule has 11 nitrogen and oxygen atoms in total. The van der Waals surface area contributed by atoms with Crippen LogP contribution in [0.2, 0.25) is 0 Å². The zero-order valence-electron chi connectivity index (χ0n) is 36.5. The number of alkyl halides is 1. The van der Waals surface area contributed by atoms with E-state index in [4.69, 9.17) is 40.5 Å². The van der Waals surface area contributed by atoms with E-state index in [1.807, 2.05) is 67.6 Å². The number of aromatic nitrogens is 1. The van der Waals surface area contributed by atoms with Crippen molar-refractivity contribution in [2.45, 2.75) is 89.4 Å². The smallest absolute Gasteiger partial charge is 0.410 e. The molecule has 3 aromatic carbocycles. The van der Waals surface area contributed by atoms with Crippen LogP contribution in [0.5, 0.6) is 11.5 Å². The van der Waals surface area contributed by atoms with Crippen molar-refractivity contribution in [2.24, 2.45) is 22.9 Å². The van der Waals surface area contributed by atoms with Gasteiger partial charge in [0.15, 0.2) is 0 Å². The highest BCUT2D eigenvalue weighted by atomic mass is 35.5. The monoisotopic (exact) mass is 895 g/mol. The zero-order chi connectivity index (χ0) is 44.9. The Bertz CT molecular complexity index is 2230. The lowest BCUT2D eigenvalue weighted by Gasteiger charge is -2.59. The van der Waals surface area contributed by atoms with E-state index < -0.39 is 29.7 Å². The molecule has 64 heavy (non-hydrogen) atoms. The lowest BCUT2D eigenvalue weighted by molar-refractivity contribution is -0.256. The van der Waals surface area contributed by atoms with Crippen molar-refractivity contribution in [1.29, 1.82) is 0 Å². The molecule has 3 aliphatic rings. The number of aliphatic hydroxyl groups is 2. The van der Waals surface area contributed by atoms with E-state index in [1.165, 1.54) is 12.1 Å². The molecule has 340 valence electrons. The molecule has 1 fully saturated rings. The van der Waals surface area contributed by atoms with Crippen molar-refractivity contribution < 1.29 is 43.2 Å². The highest BCUT2D eigenvalue weighted by molar-refractivity contribution is 6.18. The second-order valence-corrected chi connectivity index (χ2v) is 17.0. The molecule has 0 spiro atoms. The number of allylic oxidation sites excluding steroid dienone is 1. The van der Waals surface area contributed by atoms with E-state index in [1.54, 1.807) is 23.1 Å². The van der Waals surface area contributed by atoms with Gasteiger partial charge in [-0.1, -0.05) is 78.7 Å². The number of nitrogens with zero attached hydrogens (tertiary/aromatic N) is 3. The summed E-state index contributed by atoms with van der Waals surface area (Å²) in [6.45, 7) is 6.66. The van der Waals surface area contributed by atoms with Gasteiger partial charge in [0.05, 0.1) is 29.8 Å². The van der Waals surface area contributed by atoms with Crippen LogP contribution in [0.3, 0.4) is 0 Å². The highest BCUT2D eigenvalue weighted by Gasteiger charge is 2.65. The summed E-state index contributed by atoms with van der Waals surface area (Å²) in [6, 6.07) is 26.6. The van der Waals surface area contributed by atoms with Gasteiger partial charge in [-0.25, -0.2) is 9.18 Å². The number of oxime groups is 1. The number of aryl methyl sites for hydroxylation is 1. The third kappa shape index (κ3) is 11.0. The SMILES string of the molecule is C=CCO[C@@]12Oc3ccc(OCc4cccc(C)n4)cc3[C@H]3[C@H](CCCCO)[C@@H](CCCCO)C=C(C(=NOCc4ccccc4)C[C@@H]1N(Cc1ccc(F)cc1)C(=O)OCCCl)[C@H]32. The normalized spacial score (nSPS) is 22.7. The minimum absolute atomic E-state index is 0.000948. The number of pyridine rings is 1. The van der Waals surface area contributed by atoms with Gasteiger partial charge in [-0.2, -0.15) is 0 Å². The lowest BCUT2D eigenvalue weighted by atomic mass is 9.55. The molecular formula is C51H59ClFN3O8. The Balaban J connectivity index is 1.43. The Morgan fingerprint density at radius 2 is 1.77 bits per heavy atom. The van der Waals surface area contributed by atoms with Crippen LogP contribution in [0.15, 0.2) is 120 Å². The molecule has 7 rings (SSSR count). The van der Waals surface area contributed by atoms with E-state index in [0.29, 0.717) is 35.6 Å².